The smallest absolute Gasteiger partial charge is 0.173 e. The number of nitrogens with one attached hydrogen (secondary N) is 1. The van der Waals surface area contributed by atoms with Gasteiger partial charge < -0.3 is 5.32 Å². The van der Waals surface area contributed by atoms with Crippen LogP contribution in [0.1, 0.15) is 35.7 Å². The number of thioether (sulfide) groups is 1. The molecule has 0 aromatic heterocycles. The van der Waals surface area contributed by atoms with Gasteiger partial charge in [-0.15, -0.1) is 0 Å². The molecule has 0 amide bonds. The van der Waals surface area contributed by atoms with Crippen LogP contribution in [0.15, 0.2) is 101 Å². The van der Waals surface area contributed by atoms with E-state index in [1.165, 1.54) is 30.8 Å². The minimum Gasteiger partial charge on any atom is -0.353 e. The third kappa shape index (κ3) is 5.26. The Kier molecular flexibility index (Phi) is 7.28. The highest BCUT2D eigenvalue weighted by Crippen LogP contribution is 2.41. The predicted molar refractivity (Wildman–Crippen MR) is 137 cm³/mol. The highest BCUT2D eigenvalue weighted by Gasteiger charge is 2.33. The zero-order chi connectivity index (χ0) is 24.9. The van der Waals surface area contributed by atoms with Crippen molar-refractivity contribution in [2.75, 3.05) is 5.75 Å². The highest BCUT2D eigenvalue weighted by atomic mass is 32.2. The van der Waals surface area contributed by atoms with E-state index in [0.29, 0.717) is 33.0 Å². The molecule has 0 saturated carbocycles. The van der Waals surface area contributed by atoms with Crippen LogP contribution in [0.4, 0.5) is 4.39 Å². The minimum absolute atomic E-state index is 0.0708. The van der Waals surface area contributed by atoms with E-state index in [1.807, 2.05) is 42.5 Å². The van der Waals surface area contributed by atoms with Crippen molar-refractivity contribution < 1.29 is 14.0 Å². The van der Waals surface area contributed by atoms with Crippen LogP contribution < -0.4 is 5.32 Å². The Hall–Kier alpha value is -3.95. The number of carbonyl (C=O) groups is 2. The lowest BCUT2D eigenvalue weighted by Gasteiger charge is -2.29. The molecule has 0 unspecified atom stereocenters. The molecule has 3 aromatic carbocycles. The third-order valence-electron chi connectivity index (χ3n) is 5.89. The molecular formula is C29H23FN2O2S. The van der Waals surface area contributed by atoms with Gasteiger partial charge in [0.05, 0.1) is 28.3 Å². The molecule has 1 N–H and O–H groups in total. The van der Waals surface area contributed by atoms with Gasteiger partial charge in [0.2, 0.25) is 0 Å². The number of nitrogens with zero attached hydrogens (tertiary/aromatic N) is 1. The number of hydrogen-bond acceptors (Lipinski definition) is 5. The summed E-state index contributed by atoms with van der Waals surface area (Å²) < 4.78 is 13.5. The summed E-state index contributed by atoms with van der Waals surface area (Å²) in [6.07, 6.45) is 0. The number of rotatable bonds is 7. The van der Waals surface area contributed by atoms with E-state index in [1.54, 1.807) is 31.2 Å². The van der Waals surface area contributed by atoms with Crippen LogP contribution in [0.25, 0.3) is 11.1 Å². The van der Waals surface area contributed by atoms with Gasteiger partial charge in [-0.25, -0.2) is 4.39 Å². The second-order valence-electron chi connectivity index (χ2n) is 8.21. The molecule has 1 aliphatic rings. The fourth-order valence-electron chi connectivity index (χ4n) is 4.18. The van der Waals surface area contributed by atoms with Crippen LogP contribution in [-0.4, -0.2) is 17.3 Å². The normalized spacial score (nSPS) is 15.4. The van der Waals surface area contributed by atoms with Crippen LogP contribution >= 0.6 is 11.8 Å². The van der Waals surface area contributed by atoms with Gasteiger partial charge in [-0.05, 0) is 42.7 Å². The quantitative estimate of drug-likeness (QED) is 0.395. The maximum Gasteiger partial charge on any atom is 0.173 e. The van der Waals surface area contributed by atoms with Crippen molar-refractivity contribution in [3.8, 4) is 17.2 Å². The topological polar surface area (TPSA) is 70.0 Å². The fourth-order valence-corrected chi connectivity index (χ4v) is 5.17. The first-order valence-electron chi connectivity index (χ1n) is 11.1. The summed E-state index contributed by atoms with van der Waals surface area (Å²) in [7, 11) is 0. The molecule has 174 valence electrons. The number of nitriles is 1. The van der Waals surface area contributed by atoms with Crippen LogP contribution in [0.3, 0.4) is 0 Å². The van der Waals surface area contributed by atoms with Gasteiger partial charge in [0.25, 0.3) is 0 Å². The maximum atomic E-state index is 13.5. The molecule has 1 heterocycles. The monoisotopic (exact) mass is 482 g/mol. The number of benzene rings is 3. The molecule has 4 nitrogen and oxygen atoms in total. The lowest BCUT2D eigenvalue weighted by molar-refractivity contribution is -0.113. The van der Waals surface area contributed by atoms with Crippen molar-refractivity contribution in [2.24, 2.45) is 0 Å². The van der Waals surface area contributed by atoms with Crippen molar-refractivity contribution in [1.82, 2.24) is 5.32 Å². The number of hydrogen-bond donors (Lipinski definition) is 1. The molecule has 0 saturated heterocycles. The first-order chi connectivity index (χ1) is 16.9. The second-order valence-corrected chi connectivity index (χ2v) is 9.20. The van der Waals surface area contributed by atoms with E-state index in [0.717, 1.165) is 11.1 Å². The molecule has 0 fully saturated rings. The van der Waals surface area contributed by atoms with E-state index in [2.05, 4.69) is 11.4 Å². The minimum atomic E-state index is -0.623. The first-order valence-corrected chi connectivity index (χ1v) is 12.1. The SMILES string of the molecule is CC(=O)C1=C(C)NC(SCC(=O)c2ccc(-c3ccccc3)cc2)=C(C#N)[C@H]1c1ccc(F)cc1. The fraction of sp³-hybridized carbons (Fsp3) is 0.138. The highest BCUT2D eigenvalue weighted by molar-refractivity contribution is 8.03. The molecule has 4 rings (SSSR count). The molecule has 0 bridgehead atoms. The third-order valence-corrected chi connectivity index (χ3v) is 6.91. The molecular weight excluding hydrogens is 459 g/mol. The number of Topliss-reactive ketones (excluding diaryl/α,β-unsaturated/α-hetero) is 2. The van der Waals surface area contributed by atoms with Gasteiger partial charge in [-0.1, -0.05) is 78.5 Å². The molecule has 35 heavy (non-hydrogen) atoms. The number of halogens is 1. The Bertz CT molecular complexity index is 1370. The molecule has 0 spiro atoms. The Balaban J connectivity index is 1.57. The van der Waals surface area contributed by atoms with Crippen LogP contribution in [0.2, 0.25) is 0 Å². The van der Waals surface area contributed by atoms with Crippen molar-refractivity contribution in [3.63, 3.8) is 0 Å². The van der Waals surface area contributed by atoms with E-state index < -0.39 is 11.7 Å². The van der Waals surface area contributed by atoms with Gasteiger partial charge in [-0.3, -0.25) is 9.59 Å². The Morgan fingerprint density at radius 3 is 2.20 bits per heavy atom. The van der Waals surface area contributed by atoms with Crippen molar-refractivity contribution in [3.05, 3.63) is 118 Å². The Labute approximate surface area is 208 Å². The second kappa shape index (κ2) is 10.5. The van der Waals surface area contributed by atoms with Gasteiger partial charge in [0.15, 0.2) is 11.6 Å². The van der Waals surface area contributed by atoms with Gasteiger partial charge in [0, 0.05) is 16.8 Å². The van der Waals surface area contributed by atoms with E-state index >= 15 is 0 Å². The average molecular weight is 483 g/mol. The van der Waals surface area contributed by atoms with Crippen molar-refractivity contribution in [2.45, 2.75) is 19.8 Å². The van der Waals surface area contributed by atoms with E-state index in [-0.39, 0.29) is 17.3 Å². The van der Waals surface area contributed by atoms with E-state index in [4.69, 9.17) is 0 Å². The number of carbonyl (C=O) groups excluding carboxylic acids is 2. The Morgan fingerprint density at radius 1 is 0.971 bits per heavy atom. The van der Waals surface area contributed by atoms with Crippen molar-refractivity contribution in [1.29, 1.82) is 5.26 Å². The predicted octanol–water partition coefficient (Wildman–Crippen LogP) is 6.39. The maximum absolute atomic E-state index is 13.5. The summed E-state index contributed by atoms with van der Waals surface area (Å²) in [4.78, 5) is 25.4. The average Bonchev–Trinajstić information content (AvgIpc) is 2.87. The van der Waals surface area contributed by atoms with Crippen LogP contribution in [-0.2, 0) is 4.79 Å². The molecule has 1 aliphatic heterocycles. The largest absolute Gasteiger partial charge is 0.353 e. The molecule has 3 aromatic rings. The lowest BCUT2D eigenvalue weighted by Crippen LogP contribution is -2.27. The summed E-state index contributed by atoms with van der Waals surface area (Å²) in [6, 6.07) is 25.4. The molecule has 1 atom stereocenters. The van der Waals surface area contributed by atoms with E-state index in [9.17, 15) is 19.2 Å². The summed E-state index contributed by atoms with van der Waals surface area (Å²) >= 11 is 1.23. The van der Waals surface area contributed by atoms with Gasteiger partial charge in [-0.2, -0.15) is 5.26 Å². The summed E-state index contributed by atoms with van der Waals surface area (Å²) in [5, 5.41) is 13.7. The van der Waals surface area contributed by atoms with Gasteiger partial charge in [0.1, 0.15) is 5.82 Å². The zero-order valence-electron chi connectivity index (χ0n) is 19.3. The number of dihydropyridines is 1. The van der Waals surface area contributed by atoms with Crippen LogP contribution in [0.5, 0.6) is 0 Å². The summed E-state index contributed by atoms with van der Waals surface area (Å²) in [5.74, 6) is -1.14. The Morgan fingerprint density at radius 2 is 1.60 bits per heavy atom. The van der Waals surface area contributed by atoms with Crippen LogP contribution in [0, 0.1) is 17.1 Å². The number of allylic oxidation sites excluding steroid dienone is 3. The summed E-state index contributed by atoms with van der Waals surface area (Å²) in [6.45, 7) is 3.22. The first kappa shape index (κ1) is 24.2. The summed E-state index contributed by atoms with van der Waals surface area (Å²) in [5.41, 5.74) is 4.75. The lowest BCUT2D eigenvalue weighted by atomic mass is 9.81. The number of ketones is 2. The standard InChI is InChI=1S/C29H23FN2O2S/c1-18-27(19(2)33)28(23-12-14-24(30)15-13-23)25(16-31)29(32-18)35-17-26(34)22-10-8-21(9-11-22)20-6-4-3-5-7-20/h3-15,28,32H,17H2,1-2H3/t28-/m1/s1. The van der Waals surface area contributed by atoms with Crippen molar-refractivity contribution >= 4 is 23.3 Å². The molecule has 6 heteroatoms. The molecule has 0 radical (unpaired) electrons. The van der Waals surface area contributed by atoms with Gasteiger partial charge >= 0.3 is 0 Å². The zero-order valence-corrected chi connectivity index (χ0v) is 20.2. The molecule has 0 aliphatic carbocycles.